The summed E-state index contributed by atoms with van der Waals surface area (Å²) < 4.78 is 2.19. The summed E-state index contributed by atoms with van der Waals surface area (Å²) in [6.07, 6.45) is 4.83. The Morgan fingerprint density at radius 3 is 3.05 bits per heavy atom. The van der Waals surface area contributed by atoms with E-state index in [-0.39, 0.29) is 0 Å². The van der Waals surface area contributed by atoms with Crippen molar-refractivity contribution < 1.29 is 0 Å². The van der Waals surface area contributed by atoms with Crippen molar-refractivity contribution in [3.63, 3.8) is 0 Å². The molecule has 0 radical (unpaired) electrons. The van der Waals surface area contributed by atoms with Gasteiger partial charge in [0, 0.05) is 12.7 Å². The first-order valence-corrected chi connectivity index (χ1v) is 8.21. The van der Waals surface area contributed by atoms with Gasteiger partial charge in [-0.2, -0.15) is 11.8 Å². The molecule has 0 aliphatic carbocycles. The van der Waals surface area contributed by atoms with Crippen molar-refractivity contribution in [1.82, 2.24) is 14.7 Å². The number of thioether (sulfide) groups is 1. The highest BCUT2D eigenvalue weighted by Crippen LogP contribution is 2.22. The fourth-order valence-electron chi connectivity index (χ4n) is 2.72. The van der Waals surface area contributed by atoms with Crippen molar-refractivity contribution in [2.24, 2.45) is 5.92 Å². The molecule has 19 heavy (non-hydrogen) atoms. The minimum atomic E-state index is 0.862. The van der Waals surface area contributed by atoms with Gasteiger partial charge in [-0.1, -0.05) is 6.07 Å². The van der Waals surface area contributed by atoms with Gasteiger partial charge < -0.3 is 9.72 Å². The molecule has 3 heterocycles. The highest BCUT2D eigenvalue weighted by molar-refractivity contribution is 7.99. The van der Waals surface area contributed by atoms with Gasteiger partial charge in [-0.25, -0.2) is 4.98 Å². The lowest BCUT2D eigenvalue weighted by atomic mass is 10.0. The molecule has 3 nitrogen and oxygen atoms in total. The summed E-state index contributed by atoms with van der Waals surface area (Å²) in [5, 5.41) is 3.62. The van der Waals surface area contributed by atoms with Crippen molar-refractivity contribution in [1.29, 1.82) is 0 Å². The molecule has 1 saturated heterocycles. The number of nitrogens with zero attached hydrogens (tertiary/aromatic N) is 2. The van der Waals surface area contributed by atoms with Crippen LogP contribution >= 0.6 is 11.8 Å². The first kappa shape index (κ1) is 13.0. The van der Waals surface area contributed by atoms with Crippen molar-refractivity contribution in [2.45, 2.75) is 26.3 Å². The Morgan fingerprint density at radius 2 is 2.21 bits per heavy atom. The van der Waals surface area contributed by atoms with E-state index in [1.165, 1.54) is 30.0 Å². The van der Waals surface area contributed by atoms with Gasteiger partial charge in [-0.05, 0) is 55.9 Å². The van der Waals surface area contributed by atoms with Crippen LogP contribution in [0.4, 0.5) is 0 Å². The van der Waals surface area contributed by atoms with Crippen molar-refractivity contribution in [3.05, 3.63) is 35.8 Å². The van der Waals surface area contributed by atoms with Gasteiger partial charge in [0.25, 0.3) is 0 Å². The molecule has 1 aliphatic heterocycles. The maximum absolute atomic E-state index is 4.60. The Hall–Kier alpha value is -1.00. The molecule has 4 heteroatoms. The number of nitrogens with one attached hydrogen (secondary N) is 1. The van der Waals surface area contributed by atoms with Crippen LogP contribution in [0.25, 0.3) is 5.65 Å². The summed E-state index contributed by atoms with van der Waals surface area (Å²) in [4.78, 5) is 4.60. The van der Waals surface area contributed by atoms with Crippen LogP contribution in [0, 0.1) is 12.8 Å². The van der Waals surface area contributed by atoms with E-state index in [1.54, 1.807) is 0 Å². The number of aryl methyl sites for hydroxylation is 1. The molecule has 1 aliphatic rings. The van der Waals surface area contributed by atoms with Crippen LogP contribution < -0.4 is 5.32 Å². The van der Waals surface area contributed by atoms with E-state index in [9.17, 15) is 0 Å². The number of hydrogen-bond donors (Lipinski definition) is 1. The topological polar surface area (TPSA) is 29.3 Å². The van der Waals surface area contributed by atoms with E-state index in [0.29, 0.717) is 0 Å². The number of rotatable bonds is 4. The van der Waals surface area contributed by atoms with Crippen LogP contribution in [0.3, 0.4) is 0 Å². The Morgan fingerprint density at radius 1 is 1.37 bits per heavy atom. The molecule has 1 N–H and O–H groups in total. The van der Waals surface area contributed by atoms with Crippen LogP contribution in [0.2, 0.25) is 0 Å². The molecule has 0 unspecified atom stereocenters. The second-order valence-corrected chi connectivity index (χ2v) is 6.48. The second kappa shape index (κ2) is 5.97. The van der Waals surface area contributed by atoms with Gasteiger partial charge in [0.15, 0.2) is 0 Å². The summed E-state index contributed by atoms with van der Waals surface area (Å²) in [7, 11) is 0. The van der Waals surface area contributed by atoms with Crippen LogP contribution in [-0.2, 0) is 6.54 Å². The van der Waals surface area contributed by atoms with E-state index >= 15 is 0 Å². The van der Waals surface area contributed by atoms with Gasteiger partial charge in [-0.15, -0.1) is 0 Å². The minimum absolute atomic E-state index is 0.862. The summed E-state index contributed by atoms with van der Waals surface area (Å²) in [5.74, 6) is 3.53. The molecule has 3 rings (SSSR count). The Kier molecular flexibility index (Phi) is 4.09. The smallest absolute Gasteiger partial charge is 0.137 e. The van der Waals surface area contributed by atoms with E-state index < -0.39 is 0 Å². The summed E-state index contributed by atoms with van der Waals surface area (Å²) in [6.45, 7) is 4.15. The van der Waals surface area contributed by atoms with Crippen molar-refractivity contribution in [3.8, 4) is 0 Å². The first-order chi connectivity index (χ1) is 9.34. The molecule has 102 valence electrons. The monoisotopic (exact) mass is 275 g/mol. The summed E-state index contributed by atoms with van der Waals surface area (Å²) in [5.41, 5.74) is 3.48. The zero-order chi connectivity index (χ0) is 13.1. The van der Waals surface area contributed by atoms with Gasteiger partial charge in [0.1, 0.15) is 5.65 Å². The number of aromatic nitrogens is 2. The van der Waals surface area contributed by atoms with Gasteiger partial charge in [0.05, 0.1) is 11.4 Å². The lowest BCUT2D eigenvalue weighted by molar-refractivity contribution is 0.445. The average Bonchev–Trinajstić information content (AvgIpc) is 2.76. The van der Waals surface area contributed by atoms with Crippen LogP contribution in [-0.4, -0.2) is 27.4 Å². The Bertz CT molecular complexity index is 543. The second-order valence-electron chi connectivity index (χ2n) is 5.26. The molecular formula is C15H21N3S. The van der Waals surface area contributed by atoms with Crippen molar-refractivity contribution >= 4 is 17.4 Å². The molecule has 1 fully saturated rings. The quantitative estimate of drug-likeness (QED) is 0.930. The zero-order valence-electron chi connectivity index (χ0n) is 11.4. The van der Waals surface area contributed by atoms with E-state index in [4.69, 9.17) is 0 Å². The molecule has 2 aromatic rings. The predicted octanol–water partition coefficient (Wildman–Crippen LogP) is 2.88. The molecule has 0 atom stereocenters. The number of pyridine rings is 1. The fraction of sp³-hybridized carbons (Fsp3) is 0.533. The Balaban J connectivity index is 1.63. The Labute approximate surface area is 118 Å². The predicted molar refractivity (Wildman–Crippen MR) is 81.7 cm³/mol. The summed E-state index contributed by atoms with van der Waals surface area (Å²) in [6, 6.07) is 6.17. The normalized spacial score (nSPS) is 17.1. The maximum atomic E-state index is 4.60. The maximum Gasteiger partial charge on any atom is 0.137 e. The standard InChI is InChI=1S/C15H21N3S/c1-12-14(18-7-3-2-4-15(18)17-12)11-16-10-13-5-8-19-9-6-13/h2-4,7,13,16H,5-6,8-11H2,1H3. The van der Waals surface area contributed by atoms with Gasteiger partial charge in [0.2, 0.25) is 0 Å². The van der Waals surface area contributed by atoms with Crippen LogP contribution in [0.1, 0.15) is 24.2 Å². The lowest BCUT2D eigenvalue weighted by Crippen LogP contribution is -2.26. The molecule has 0 amide bonds. The molecule has 0 spiro atoms. The van der Waals surface area contributed by atoms with Crippen LogP contribution in [0.15, 0.2) is 24.4 Å². The third kappa shape index (κ3) is 2.95. The average molecular weight is 275 g/mol. The van der Waals surface area contributed by atoms with E-state index in [0.717, 1.165) is 30.3 Å². The van der Waals surface area contributed by atoms with E-state index in [1.807, 2.05) is 6.07 Å². The van der Waals surface area contributed by atoms with Crippen molar-refractivity contribution in [2.75, 3.05) is 18.1 Å². The lowest BCUT2D eigenvalue weighted by Gasteiger charge is -2.21. The SMILES string of the molecule is Cc1nc2ccccn2c1CNCC1CCSCC1. The van der Waals surface area contributed by atoms with E-state index in [2.05, 4.69) is 51.7 Å². The molecule has 2 aromatic heterocycles. The minimum Gasteiger partial charge on any atom is -0.311 e. The summed E-state index contributed by atoms with van der Waals surface area (Å²) >= 11 is 2.09. The molecule has 0 saturated carbocycles. The number of fused-ring (bicyclic) bond motifs is 1. The van der Waals surface area contributed by atoms with Crippen LogP contribution in [0.5, 0.6) is 0 Å². The zero-order valence-corrected chi connectivity index (χ0v) is 12.2. The molecule has 0 bridgehead atoms. The third-order valence-corrected chi connectivity index (χ3v) is 4.94. The number of imidazole rings is 1. The highest BCUT2D eigenvalue weighted by atomic mass is 32.2. The number of hydrogen-bond acceptors (Lipinski definition) is 3. The fourth-order valence-corrected chi connectivity index (χ4v) is 3.93. The van der Waals surface area contributed by atoms with Gasteiger partial charge in [-0.3, -0.25) is 0 Å². The molecular weight excluding hydrogens is 254 g/mol. The highest BCUT2D eigenvalue weighted by Gasteiger charge is 2.14. The third-order valence-electron chi connectivity index (χ3n) is 3.90. The largest absolute Gasteiger partial charge is 0.311 e. The van der Waals surface area contributed by atoms with Gasteiger partial charge >= 0.3 is 0 Å². The first-order valence-electron chi connectivity index (χ1n) is 7.05. The molecule has 0 aromatic carbocycles.